The van der Waals surface area contributed by atoms with Gasteiger partial charge in [0, 0.05) is 50.3 Å². The quantitative estimate of drug-likeness (QED) is 0.101. The maximum atomic E-state index is 13.6. The van der Waals surface area contributed by atoms with Crippen molar-refractivity contribution in [3.63, 3.8) is 0 Å². The third-order valence-corrected chi connectivity index (χ3v) is 3.93. The maximum absolute atomic E-state index is 13.6. The number of nitrogens with one attached hydrogen (secondary N) is 4. The molecule has 0 radical (unpaired) electrons. The number of aromatic hydroxyl groups is 1. The normalized spacial score (nSPS) is 11.1. The number of phenolic OH excluding ortho intramolecular Hbond substituents is 1. The topological polar surface area (TPSA) is 184 Å². The van der Waals surface area contributed by atoms with Gasteiger partial charge in [0.2, 0.25) is 5.91 Å². The van der Waals surface area contributed by atoms with E-state index >= 15 is 0 Å². The lowest BCUT2D eigenvalue weighted by Crippen LogP contribution is -2.45. The van der Waals surface area contributed by atoms with Crippen LogP contribution in [0.25, 0.3) is 0 Å². The Balaban J connectivity index is 0. The highest BCUT2D eigenvalue weighted by molar-refractivity contribution is 5.95. The Morgan fingerprint density at radius 1 is 1.17 bits per heavy atom. The molecular weight excluding hydrogens is 464 g/mol. The lowest BCUT2D eigenvalue weighted by atomic mass is 10.1. The third kappa shape index (κ3) is 16.9. The minimum absolute atomic E-state index is 0.0664. The molecule has 11 nitrogen and oxygen atoms in total. The number of guanidine groups is 1. The number of hydrogen-bond donors (Lipinski definition) is 7. The summed E-state index contributed by atoms with van der Waals surface area (Å²) >= 11 is 0. The van der Waals surface area contributed by atoms with Crippen molar-refractivity contribution in [1.82, 2.24) is 21.3 Å². The Kier molecular flexibility index (Phi) is 20.5. The van der Waals surface area contributed by atoms with Crippen molar-refractivity contribution in [2.24, 2.45) is 16.5 Å². The smallest absolute Gasteiger partial charge is 0.321 e. The second-order valence-electron chi connectivity index (χ2n) is 6.68. The molecule has 0 heterocycles. The molecule has 0 aromatic heterocycles. The van der Waals surface area contributed by atoms with Crippen LogP contribution in [0, 0.1) is 11.6 Å². The number of rotatable bonds is 11. The molecule has 0 aliphatic rings. The monoisotopic (exact) mass is 503 g/mol. The first-order chi connectivity index (χ1) is 16.7. The maximum Gasteiger partial charge on any atom is 0.321 e. The minimum Gasteiger partial charge on any atom is -0.508 e. The molecule has 200 valence electrons. The molecule has 1 aromatic rings. The molecule has 0 fully saturated rings. The molecule has 35 heavy (non-hydrogen) atoms. The van der Waals surface area contributed by atoms with E-state index in [9.17, 15) is 23.2 Å². The van der Waals surface area contributed by atoms with E-state index in [4.69, 9.17) is 16.6 Å². The van der Waals surface area contributed by atoms with E-state index in [-0.39, 0.29) is 24.5 Å². The average Bonchev–Trinajstić information content (AvgIpc) is 2.82. The minimum atomic E-state index is -0.969. The number of carbonyl (C=O) groups is 3. The Morgan fingerprint density at radius 3 is 2.26 bits per heavy atom. The molecule has 1 aromatic carbocycles. The molecule has 0 saturated carbocycles. The van der Waals surface area contributed by atoms with Gasteiger partial charge in [0.05, 0.1) is 6.04 Å². The predicted molar refractivity (Wildman–Crippen MR) is 132 cm³/mol. The number of urea groups is 1. The summed E-state index contributed by atoms with van der Waals surface area (Å²) in [4.78, 5) is 36.5. The molecule has 0 bridgehead atoms. The number of nitrogens with zero attached hydrogens (tertiary/aromatic N) is 1. The first kappa shape index (κ1) is 33.9. The van der Waals surface area contributed by atoms with E-state index < -0.39 is 41.9 Å². The third-order valence-electron chi connectivity index (χ3n) is 3.93. The van der Waals surface area contributed by atoms with Crippen molar-refractivity contribution < 1.29 is 28.3 Å². The van der Waals surface area contributed by atoms with Crippen molar-refractivity contribution in [3.8, 4) is 5.75 Å². The molecule has 0 aliphatic heterocycles. The summed E-state index contributed by atoms with van der Waals surface area (Å²) in [5.74, 6) is -3.14. The van der Waals surface area contributed by atoms with E-state index in [1.807, 2.05) is 20.8 Å². The summed E-state index contributed by atoms with van der Waals surface area (Å²) in [7, 11) is 1.75. The molecule has 1 unspecified atom stereocenters. The van der Waals surface area contributed by atoms with Crippen LogP contribution in [0.15, 0.2) is 17.1 Å². The van der Waals surface area contributed by atoms with Gasteiger partial charge in [0.1, 0.15) is 23.7 Å². The van der Waals surface area contributed by atoms with Gasteiger partial charge in [0.25, 0.3) is 0 Å². The number of halogens is 2. The fourth-order valence-electron chi connectivity index (χ4n) is 2.21. The van der Waals surface area contributed by atoms with Crippen molar-refractivity contribution in [2.45, 2.75) is 52.6 Å². The van der Waals surface area contributed by atoms with Crippen LogP contribution in [0.4, 0.5) is 13.6 Å². The van der Waals surface area contributed by atoms with E-state index in [1.54, 1.807) is 7.05 Å². The van der Waals surface area contributed by atoms with E-state index in [1.165, 1.54) is 0 Å². The Hall–Kier alpha value is -3.32. The second kappa shape index (κ2) is 21.2. The highest BCUT2D eigenvalue weighted by Crippen LogP contribution is 2.19. The molecule has 0 saturated heterocycles. The second-order valence-corrected chi connectivity index (χ2v) is 6.68. The van der Waals surface area contributed by atoms with Crippen LogP contribution < -0.4 is 32.7 Å². The van der Waals surface area contributed by atoms with Crippen LogP contribution in [0.1, 0.15) is 45.6 Å². The zero-order chi connectivity index (χ0) is 27.2. The van der Waals surface area contributed by atoms with Gasteiger partial charge in [-0.15, -0.1) is 0 Å². The zero-order valence-corrected chi connectivity index (χ0v) is 20.8. The first-order valence-corrected chi connectivity index (χ1v) is 11.3. The molecule has 13 heteroatoms. The fourth-order valence-corrected chi connectivity index (χ4v) is 2.21. The van der Waals surface area contributed by atoms with Gasteiger partial charge >= 0.3 is 6.03 Å². The SMILES string of the molecule is CC.CCC=O.CNCCNC(=O)NC(N)=NCCCC(N)C(=O)NCc1c(F)cc(O)cc1F. The summed E-state index contributed by atoms with van der Waals surface area (Å²) in [6.07, 6.45) is 2.16. The Morgan fingerprint density at radius 2 is 1.74 bits per heavy atom. The standard InChI is InChI=1S/C17H27F2N7O3.C3H6O.C2H6/c1-22-5-6-24-17(29)26-16(21)23-4-2-3-14(20)15(28)25-9-11-12(18)7-10(27)8-13(11)19;1-2-3-4;1-2/h7-8,14,22,27H,2-6,9,20H2,1H3,(H,25,28)(H4,21,23,24,26,29);3H,2H2,1H3;1-2H3. The predicted octanol–water partition coefficient (Wildman–Crippen LogP) is 0.849. The number of phenols is 1. The van der Waals surface area contributed by atoms with Crippen LogP contribution in [0.2, 0.25) is 0 Å². The fraction of sp³-hybridized carbons (Fsp3) is 0.545. The molecule has 0 spiro atoms. The van der Waals surface area contributed by atoms with Gasteiger partial charge in [-0.1, -0.05) is 20.8 Å². The van der Waals surface area contributed by atoms with Gasteiger partial charge in [-0.05, 0) is 19.9 Å². The van der Waals surface area contributed by atoms with Crippen LogP contribution in [-0.2, 0) is 16.1 Å². The van der Waals surface area contributed by atoms with Crippen LogP contribution in [0.3, 0.4) is 0 Å². The largest absolute Gasteiger partial charge is 0.508 e. The van der Waals surface area contributed by atoms with Gasteiger partial charge < -0.3 is 37.3 Å². The van der Waals surface area contributed by atoms with Gasteiger partial charge in [-0.2, -0.15) is 0 Å². The number of hydrogen-bond acceptors (Lipinski definition) is 7. The lowest BCUT2D eigenvalue weighted by molar-refractivity contribution is -0.122. The summed E-state index contributed by atoms with van der Waals surface area (Å²) in [5, 5.41) is 19.2. The summed E-state index contributed by atoms with van der Waals surface area (Å²) in [6, 6.07) is 0.114. The number of benzene rings is 1. The number of carbonyl (C=O) groups excluding carboxylic acids is 3. The van der Waals surface area contributed by atoms with Crippen molar-refractivity contribution >= 4 is 24.2 Å². The molecule has 1 atom stereocenters. The van der Waals surface area contributed by atoms with Crippen molar-refractivity contribution in [2.75, 3.05) is 26.7 Å². The molecule has 3 amide bonds. The molecule has 0 aliphatic carbocycles. The van der Waals surface area contributed by atoms with Crippen LogP contribution in [-0.4, -0.2) is 62.0 Å². The van der Waals surface area contributed by atoms with Gasteiger partial charge in [-0.3, -0.25) is 15.1 Å². The van der Waals surface area contributed by atoms with Gasteiger partial charge in [-0.25, -0.2) is 13.6 Å². The van der Waals surface area contributed by atoms with Crippen molar-refractivity contribution in [1.29, 1.82) is 0 Å². The van der Waals surface area contributed by atoms with E-state index in [0.29, 0.717) is 25.9 Å². The zero-order valence-electron chi connectivity index (χ0n) is 20.8. The molecule has 1 rings (SSSR count). The summed E-state index contributed by atoms with van der Waals surface area (Å²) in [5.41, 5.74) is 10.9. The number of amides is 3. The summed E-state index contributed by atoms with van der Waals surface area (Å²) in [6.45, 7) is 6.67. The number of aliphatic imine (C=N–C) groups is 1. The average molecular weight is 504 g/mol. The van der Waals surface area contributed by atoms with Gasteiger partial charge in [0.15, 0.2) is 5.96 Å². The summed E-state index contributed by atoms with van der Waals surface area (Å²) < 4.78 is 27.2. The van der Waals surface area contributed by atoms with Crippen LogP contribution >= 0.6 is 0 Å². The highest BCUT2D eigenvalue weighted by Gasteiger charge is 2.16. The number of aldehydes is 1. The van der Waals surface area contributed by atoms with E-state index in [2.05, 4.69) is 26.3 Å². The number of nitrogens with two attached hydrogens (primary N) is 2. The molecule has 9 N–H and O–H groups in total. The Labute approximate surface area is 205 Å². The number of likely N-dealkylation sites (N-methyl/N-ethyl adjacent to an activating group) is 1. The van der Waals surface area contributed by atoms with Crippen LogP contribution in [0.5, 0.6) is 5.75 Å². The highest BCUT2D eigenvalue weighted by atomic mass is 19.1. The van der Waals surface area contributed by atoms with E-state index in [0.717, 1.165) is 18.4 Å². The first-order valence-electron chi connectivity index (χ1n) is 11.3. The van der Waals surface area contributed by atoms with Crippen molar-refractivity contribution in [3.05, 3.63) is 29.3 Å². The molecular formula is C22H39F2N7O4. The Bertz CT molecular complexity index is 772. The lowest BCUT2D eigenvalue weighted by Gasteiger charge is -2.13.